The second-order valence-electron chi connectivity index (χ2n) is 8.49. The van der Waals surface area contributed by atoms with Crippen LogP contribution in [-0.2, 0) is 6.42 Å². The van der Waals surface area contributed by atoms with Crippen LogP contribution in [0.1, 0.15) is 48.3 Å². The van der Waals surface area contributed by atoms with Crippen molar-refractivity contribution in [3.63, 3.8) is 0 Å². The largest absolute Gasteiger partial charge is 0.495 e. The fourth-order valence-corrected chi connectivity index (χ4v) is 4.08. The van der Waals surface area contributed by atoms with E-state index >= 15 is 0 Å². The maximum absolute atomic E-state index is 13.0. The third-order valence-electron chi connectivity index (χ3n) is 5.57. The van der Waals surface area contributed by atoms with E-state index in [0.717, 1.165) is 0 Å². The molecule has 1 aliphatic rings. The number of hydrogen-bond acceptors (Lipinski definition) is 5. The standard InChI is InChI=1S/C21H21F2N3O5/c1-21(2,3)12-7-13-16(15-10(12)6-11(19(28)29)18(27)25-15)24-17-14(31-20(22)23)5-9(30-4)8-26(13)17/h5-6,8,12,20H,7H2,1-4H3,(H,25,27)(H,28,29)/t12-/m1/s1. The lowest BCUT2D eigenvalue weighted by atomic mass is 9.70. The van der Waals surface area contributed by atoms with Crippen LogP contribution in [0, 0.1) is 5.41 Å². The summed E-state index contributed by atoms with van der Waals surface area (Å²) in [7, 11) is 1.41. The van der Waals surface area contributed by atoms with Crippen molar-refractivity contribution < 1.29 is 28.2 Å². The summed E-state index contributed by atoms with van der Waals surface area (Å²) in [5.41, 5.74) is 0.816. The predicted octanol–water partition coefficient (Wildman–Crippen LogP) is 3.68. The van der Waals surface area contributed by atoms with E-state index in [0.29, 0.717) is 34.8 Å². The summed E-state index contributed by atoms with van der Waals surface area (Å²) >= 11 is 0. The summed E-state index contributed by atoms with van der Waals surface area (Å²) < 4.78 is 37.5. The molecule has 3 heterocycles. The molecule has 0 spiro atoms. The van der Waals surface area contributed by atoms with E-state index in [9.17, 15) is 23.5 Å². The normalized spacial score (nSPS) is 15.6. The first-order valence-electron chi connectivity index (χ1n) is 9.56. The molecule has 3 aromatic heterocycles. The second kappa shape index (κ2) is 7.07. The van der Waals surface area contributed by atoms with E-state index in [1.807, 2.05) is 20.8 Å². The Balaban J connectivity index is 2.06. The number of aromatic carboxylic acids is 1. The summed E-state index contributed by atoms with van der Waals surface area (Å²) in [6, 6.07) is 2.70. The number of pyridine rings is 2. The molecule has 0 fully saturated rings. The Morgan fingerprint density at radius 2 is 2.06 bits per heavy atom. The number of carboxylic acid groups (broad SMARTS) is 1. The van der Waals surface area contributed by atoms with Crippen LogP contribution in [0.15, 0.2) is 23.1 Å². The van der Waals surface area contributed by atoms with Gasteiger partial charge in [0.1, 0.15) is 17.0 Å². The number of fused-ring (bicyclic) bond motifs is 5. The van der Waals surface area contributed by atoms with E-state index in [2.05, 4.69) is 14.7 Å². The number of imidazole rings is 1. The molecule has 4 rings (SSSR count). The van der Waals surface area contributed by atoms with Crippen molar-refractivity contribution in [2.75, 3.05) is 7.11 Å². The molecular weight excluding hydrogens is 412 g/mol. The molecule has 0 saturated heterocycles. The van der Waals surface area contributed by atoms with Crippen molar-refractivity contribution in [1.29, 1.82) is 0 Å². The van der Waals surface area contributed by atoms with Gasteiger partial charge in [0.05, 0.1) is 24.7 Å². The van der Waals surface area contributed by atoms with Gasteiger partial charge in [-0.2, -0.15) is 8.78 Å². The Morgan fingerprint density at radius 3 is 2.65 bits per heavy atom. The fraction of sp³-hybridized carbons (Fsp3) is 0.381. The van der Waals surface area contributed by atoms with Gasteiger partial charge in [-0.3, -0.25) is 9.20 Å². The molecule has 31 heavy (non-hydrogen) atoms. The number of nitrogens with one attached hydrogen (secondary N) is 1. The number of carboxylic acids is 1. The van der Waals surface area contributed by atoms with Gasteiger partial charge in [0.25, 0.3) is 5.56 Å². The van der Waals surface area contributed by atoms with Crippen LogP contribution < -0.4 is 15.0 Å². The molecule has 0 radical (unpaired) electrons. The SMILES string of the molecule is COc1cc(OC(F)F)c2nc3c(n2c1)C[C@@H](C(C)(C)C)c1cc(C(=O)O)c(=O)[nH]c1-3. The second-order valence-corrected chi connectivity index (χ2v) is 8.49. The number of aromatic amines is 1. The molecule has 1 aliphatic carbocycles. The number of carbonyl (C=O) groups is 1. The summed E-state index contributed by atoms with van der Waals surface area (Å²) in [6.45, 7) is 2.96. The topological polar surface area (TPSA) is 106 Å². The van der Waals surface area contributed by atoms with Gasteiger partial charge in [-0.25, -0.2) is 9.78 Å². The summed E-state index contributed by atoms with van der Waals surface area (Å²) in [5, 5.41) is 9.40. The number of methoxy groups -OCH3 is 1. The maximum atomic E-state index is 13.0. The predicted molar refractivity (Wildman–Crippen MR) is 107 cm³/mol. The van der Waals surface area contributed by atoms with Gasteiger partial charge in [-0.05, 0) is 29.4 Å². The molecule has 10 heteroatoms. The Kier molecular flexibility index (Phi) is 4.75. The van der Waals surface area contributed by atoms with Crippen LogP contribution in [-0.4, -0.2) is 39.2 Å². The van der Waals surface area contributed by atoms with E-state index in [1.165, 1.54) is 19.2 Å². The Bertz CT molecular complexity index is 1260. The molecule has 0 bridgehead atoms. The number of H-pyrrole nitrogens is 1. The number of alkyl halides is 2. The molecule has 164 valence electrons. The first-order valence-corrected chi connectivity index (χ1v) is 9.56. The zero-order valence-corrected chi connectivity index (χ0v) is 17.3. The Labute approximate surface area is 175 Å². The number of hydrogen-bond donors (Lipinski definition) is 2. The summed E-state index contributed by atoms with van der Waals surface area (Å²) in [5.74, 6) is -1.36. The lowest BCUT2D eigenvalue weighted by Gasteiger charge is -2.35. The van der Waals surface area contributed by atoms with E-state index in [-0.39, 0.29) is 28.3 Å². The summed E-state index contributed by atoms with van der Waals surface area (Å²) in [4.78, 5) is 31.1. The molecule has 8 nitrogen and oxygen atoms in total. The average Bonchev–Trinajstić information content (AvgIpc) is 3.04. The number of rotatable bonds is 4. The molecule has 0 aromatic carbocycles. The third-order valence-corrected chi connectivity index (χ3v) is 5.57. The van der Waals surface area contributed by atoms with E-state index < -0.39 is 18.1 Å². The van der Waals surface area contributed by atoms with Gasteiger partial charge in [0.2, 0.25) is 0 Å². The average molecular weight is 433 g/mol. The van der Waals surface area contributed by atoms with Crippen molar-refractivity contribution in [2.24, 2.45) is 5.41 Å². The first kappa shape index (κ1) is 20.8. The summed E-state index contributed by atoms with van der Waals surface area (Å²) in [6.07, 6.45) is 2.06. The van der Waals surface area contributed by atoms with Gasteiger partial charge < -0.3 is 19.6 Å². The molecule has 3 aromatic rings. The zero-order chi connectivity index (χ0) is 22.7. The van der Waals surface area contributed by atoms with Gasteiger partial charge in [-0.1, -0.05) is 20.8 Å². The minimum absolute atomic E-state index is 0.148. The Hall–Kier alpha value is -3.43. The van der Waals surface area contributed by atoms with Gasteiger partial charge in [-0.15, -0.1) is 0 Å². The van der Waals surface area contributed by atoms with Crippen LogP contribution in [0.5, 0.6) is 11.5 Å². The minimum Gasteiger partial charge on any atom is -0.495 e. The van der Waals surface area contributed by atoms with Crippen molar-refractivity contribution in [3.8, 4) is 22.9 Å². The van der Waals surface area contributed by atoms with Crippen LogP contribution in [0.3, 0.4) is 0 Å². The molecule has 0 aliphatic heterocycles. The minimum atomic E-state index is -3.06. The molecular formula is C21H21F2N3O5. The first-order chi connectivity index (χ1) is 14.5. The number of nitrogens with zero attached hydrogens (tertiary/aromatic N) is 2. The number of ether oxygens (including phenoxy) is 2. The van der Waals surface area contributed by atoms with E-state index in [1.54, 1.807) is 10.6 Å². The van der Waals surface area contributed by atoms with Crippen LogP contribution >= 0.6 is 0 Å². The molecule has 0 saturated carbocycles. The third kappa shape index (κ3) is 3.41. The monoisotopic (exact) mass is 433 g/mol. The van der Waals surface area contributed by atoms with Crippen molar-refractivity contribution in [2.45, 2.75) is 39.7 Å². The highest BCUT2D eigenvalue weighted by atomic mass is 19.3. The van der Waals surface area contributed by atoms with Gasteiger partial charge >= 0.3 is 12.6 Å². The Morgan fingerprint density at radius 1 is 1.35 bits per heavy atom. The number of aromatic nitrogens is 3. The van der Waals surface area contributed by atoms with Gasteiger partial charge in [0.15, 0.2) is 11.4 Å². The highest BCUT2D eigenvalue weighted by Gasteiger charge is 2.37. The molecule has 0 unspecified atom stereocenters. The van der Waals surface area contributed by atoms with Crippen molar-refractivity contribution in [3.05, 3.63) is 45.5 Å². The van der Waals surface area contributed by atoms with Crippen LogP contribution in [0.4, 0.5) is 8.78 Å². The zero-order valence-electron chi connectivity index (χ0n) is 17.3. The van der Waals surface area contributed by atoms with E-state index in [4.69, 9.17) is 4.74 Å². The van der Waals surface area contributed by atoms with Gasteiger partial charge in [0, 0.05) is 6.07 Å². The molecule has 0 amide bonds. The lowest BCUT2D eigenvalue weighted by Crippen LogP contribution is -2.29. The highest BCUT2D eigenvalue weighted by Crippen LogP contribution is 2.47. The van der Waals surface area contributed by atoms with Crippen molar-refractivity contribution >= 4 is 11.6 Å². The quantitative estimate of drug-likeness (QED) is 0.650. The van der Waals surface area contributed by atoms with Crippen LogP contribution in [0.25, 0.3) is 17.0 Å². The molecule has 2 N–H and O–H groups in total. The maximum Gasteiger partial charge on any atom is 0.387 e. The number of halogens is 2. The molecule has 1 atom stereocenters. The lowest BCUT2D eigenvalue weighted by molar-refractivity contribution is -0.0492. The van der Waals surface area contributed by atoms with Crippen molar-refractivity contribution in [1.82, 2.24) is 14.4 Å². The highest BCUT2D eigenvalue weighted by molar-refractivity contribution is 5.88. The fourth-order valence-electron chi connectivity index (χ4n) is 4.08. The van der Waals surface area contributed by atoms with Crippen LogP contribution in [0.2, 0.25) is 0 Å². The smallest absolute Gasteiger partial charge is 0.387 e.